The first-order chi connectivity index (χ1) is 11.7. The highest BCUT2D eigenvalue weighted by Gasteiger charge is 2.30. The lowest BCUT2D eigenvalue weighted by molar-refractivity contribution is 0.0625. The Labute approximate surface area is 143 Å². The number of fused-ring (bicyclic) bond motifs is 1. The average molecular weight is 371 g/mol. The highest BCUT2D eigenvalue weighted by molar-refractivity contribution is 7.89. The first-order valence-corrected chi connectivity index (χ1v) is 8.75. The van der Waals surface area contributed by atoms with Gasteiger partial charge in [0.25, 0.3) is 0 Å². The molecule has 0 radical (unpaired) electrons. The van der Waals surface area contributed by atoms with E-state index in [1.165, 1.54) is 13.0 Å². The van der Waals surface area contributed by atoms with Crippen molar-refractivity contribution in [3.63, 3.8) is 0 Å². The van der Waals surface area contributed by atoms with E-state index in [0.29, 0.717) is 17.1 Å². The van der Waals surface area contributed by atoms with Crippen LogP contribution in [0, 0.1) is 11.6 Å². The molecular weight excluding hydrogens is 356 g/mol. The summed E-state index contributed by atoms with van der Waals surface area (Å²) < 4.78 is 64.2. The molecule has 0 bridgehead atoms. The number of hydrogen-bond donors (Lipinski definition) is 2. The first kappa shape index (κ1) is 17.6. The first-order valence-electron chi connectivity index (χ1n) is 7.27. The van der Waals surface area contributed by atoms with E-state index in [-0.39, 0.29) is 6.79 Å². The van der Waals surface area contributed by atoms with Crippen molar-refractivity contribution in [2.75, 3.05) is 13.3 Å². The van der Waals surface area contributed by atoms with E-state index in [9.17, 15) is 22.3 Å². The van der Waals surface area contributed by atoms with Gasteiger partial charge in [0.15, 0.2) is 16.4 Å². The van der Waals surface area contributed by atoms with Crippen molar-refractivity contribution < 1.29 is 31.8 Å². The summed E-state index contributed by atoms with van der Waals surface area (Å²) in [5, 5.41) is 10.6. The SMILES string of the molecule is C[C@](O)(CNS(=O)(=O)c1c(F)cccc1F)c1ccc2c(c1)OCO2. The monoisotopic (exact) mass is 371 g/mol. The van der Waals surface area contributed by atoms with Gasteiger partial charge in [-0.25, -0.2) is 21.9 Å². The molecule has 9 heteroatoms. The van der Waals surface area contributed by atoms with Crippen LogP contribution >= 0.6 is 0 Å². The average Bonchev–Trinajstić information content (AvgIpc) is 3.00. The summed E-state index contributed by atoms with van der Waals surface area (Å²) in [5.74, 6) is -1.50. The molecule has 25 heavy (non-hydrogen) atoms. The van der Waals surface area contributed by atoms with Crippen molar-refractivity contribution in [3.05, 3.63) is 53.6 Å². The second-order valence-electron chi connectivity index (χ2n) is 5.72. The minimum absolute atomic E-state index is 0.0557. The molecule has 0 aliphatic carbocycles. The number of aliphatic hydroxyl groups is 1. The van der Waals surface area contributed by atoms with E-state index in [2.05, 4.69) is 0 Å². The molecule has 1 aliphatic heterocycles. The van der Waals surface area contributed by atoms with E-state index in [0.717, 1.165) is 18.2 Å². The van der Waals surface area contributed by atoms with E-state index in [1.807, 2.05) is 4.72 Å². The van der Waals surface area contributed by atoms with Gasteiger partial charge >= 0.3 is 0 Å². The topological polar surface area (TPSA) is 84.9 Å². The summed E-state index contributed by atoms with van der Waals surface area (Å²) in [6.07, 6.45) is 0. The third kappa shape index (κ3) is 3.44. The Morgan fingerprint density at radius 2 is 1.80 bits per heavy atom. The van der Waals surface area contributed by atoms with Gasteiger partial charge in [0.2, 0.25) is 16.8 Å². The smallest absolute Gasteiger partial charge is 0.246 e. The minimum atomic E-state index is -4.49. The zero-order valence-corrected chi connectivity index (χ0v) is 13.9. The van der Waals surface area contributed by atoms with Gasteiger partial charge in [-0.05, 0) is 36.8 Å². The fourth-order valence-corrected chi connectivity index (χ4v) is 3.65. The number of rotatable bonds is 5. The molecule has 2 aromatic carbocycles. The number of halogens is 2. The lowest BCUT2D eigenvalue weighted by Crippen LogP contribution is -2.39. The third-order valence-electron chi connectivity index (χ3n) is 3.79. The number of nitrogens with one attached hydrogen (secondary N) is 1. The van der Waals surface area contributed by atoms with Crippen molar-refractivity contribution in [2.24, 2.45) is 0 Å². The molecule has 0 fully saturated rings. The molecule has 1 atom stereocenters. The lowest BCUT2D eigenvalue weighted by Gasteiger charge is -2.24. The van der Waals surface area contributed by atoms with Crippen LogP contribution in [0.15, 0.2) is 41.3 Å². The Kier molecular flexibility index (Phi) is 4.40. The van der Waals surface area contributed by atoms with Crippen LogP contribution in [0.5, 0.6) is 11.5 Å². The van der Waals surface area contributed by atoms with Crippen molar-refractivity contribution >= 4 is 10.0 Å². The molecule has 2 aromatic rings. The predicted octanol–water partition coefficient (Wildman–Crippen LogP) is 1.88. The second kappa shape index (κ2) is 6.25. The van der Waals surface area contributed by atoms with E-state index >= 15 is 0 Å². The molecule has 1 aliphatic rings. The Balaban J connectivity index is 1.82. The maximum absolute atomic E-state index is 13.7. The van der Waals surface area contributed by atoms with Gasteiger partial charge in [0.1, 0.15) is 17.2 Å². The van der Waals surface area contributed by atoms with Crippen LogP contribution in [-0.2, 0) is 15.6 Å². The summed E-state index contributed by atoms with van der Waals surface area (Å²) in [6.45, 7) is 0.924. The Hall–Kier alpha value is -2.23. The van der Waals surface area contributed by atoms with Crippen LogP contribution in [0.25, 0.3) is 0 Å². The van der Waals surface area contributed by atoms with Crippen LogP contribution in [0.1, 0.15) is 12.5 Å². The minimum Gasteiger partial charge on any atom is -0.454 e. The predicted molar refractivity (Wildman–Crippen MR) is 83.7 cm³/mol. The molecule has 1 heterocycles. The van der Waals surface area contributed by atoms with Crippen molar-refractivity contribution in [3.8, 4) is 11.5 Å². The Morgan fingerprint density at radius 1 is 1.16 bits per heavy atom. The molecule has 0 saturated carbocycles. The van der Waals surface area contributed by atoms with Gasteiger partial charge in [0, 0.05) is 6.54 Å². The van der Waals surface area contributed by atoms with E-state index in [4.69, 9.17) is 9.47 Å². The molecule has 0 aromatic heterocycles. The highest BCUT2D eigenvalue weighted by Crippen LogP contribution is 2.35. The standard InChI is InChI=1S/C16H15F2NO5S/c1-16(20,10-5-6-13-14(7-10)24-9-23-13)8-19-25(21,22)15-11(17)3-2-4-12(15)18/h2-7,19-20H,8-9H2,1H3/t16-/m0/s1. The zero-order valence-electron chi connectivity index (χ0n) is 13.1. The molecule has 0 spiro atoms. The normalized spacial score (nSPS) is 15.8. The molecule has 3 rings (SSSR count). The van der Waals surface area contributed by atoms with Crippen molar-refractivity contribution in [2.45, 2.75) is 17.4 Å². The van der Waals surface area contributed by atoms with Gasteiger partial charge in [-0.1, -0.05) is 12.1 Å². The highest BCUT2D eigenvalue weighted by atomic mass is 32.2. The summed E-state index contributed by atoms with van der Waals surface area (Å²) in [6, 6.07) is 7.39. The van der Waals surface area contributed by atoms with Crippen molar-refractivity contribution in [1.82, 2.24) is 4.72 Å². The maximum atomic E-state index is 13.7. The Bertz CT molecular complexity index is 894. The second-order valence-corrected chi connectivity index (χ2v) is 7.42. The molecule has 6 nitrogen and oxygen atoms in total. The van der Waals surface area contributed by atoms with Gasteiger partial charge < -0.3 is 14.6 Å². The van der Waals surface area contributed by atoms with E-state index in [1.54, 1.807) is 12.1 Å². The van der Waals surface area contributed by atoms with Crippen LogP contribution < -0.4 is 14.2 Å². The third-order valence-corrected chi connectivity index (χ3v) is 5.24. The molecular formula is C16H15F2NO5S. The molecule has 134 valence electrons. The molecule has 0 unspecified atom stereocenters. The summed E-state index contributed by atoms with van der Waals surface area (Å²) in [4.78, 5) is -1.09. The quantitative estimate of drug-likeness (QED) is 0.838. The molecule has 0 amide bonds. The lowest BCUT2D eigenvalue weighted by atomic mass is 9.96. The number of benzene rings is 2. The number of sulfonamides is 1. The molecule has 0 saturated heterocycles. The number of hydrogen-bond acceptors (Lipinski definition) is 5. The molecule has 2 N–H and O–H groups in total. The maximum Gasteiger partial charge on any atom is 0.246 e. The van der Waals surface area contributed by atoms with Gasteiger partial charge in [0.05, 0.1) is 0 Å². The Morgan fingerprint density at radius 3 is 2.48 bits per heavy atom. The van der Waals surface area contributed by atoms with Crippen LogP contribution in [0.4, 0.5) is 8.78 Å². The fourth-order valence-electron chi connectivity index (χ4n) is 2.38. The van der Waals surface area contributed by atoms with Gasteiger partial charge in [-0.15, -0.1) is 0 Å². The number of ether oxygens (including phenoxy) is 2. The summed E-state index contributed by atoms with van der Waals surface area (Å²) in [7, 11) is -4.49. The van der Waals surface area contributed by atoms with Gasteiger partial charge in [-0.3, -0.25) is 0 Å². The van der Waals surface area contributed by atoms with Crippen LogP contribution in [0.2, 0.25) is 0 Å². The van der Waals surface area contributed by atoms with E-state index < -0.39 is 38.7 Å². The fraction of sp³-hybridized carbons (Fsp3) is 0.250. The largest absolute Gasteiger partial charge is 0.454 e. The van der Waals surface area contributed by atoms with Crippen LogP contribution in [0.3, 0.4) is 0 Å². The van der Waals surface area contributed by atoms with Crippen LogP contribution in [-0.4, -0.2) is 26.9 Å². The van der Waals surface area contributed by atoms with Gasteiger partial charge in [-0.2, -0.15) is 0 Å². The summed E-state index contributed by atoms with van der Waals surface area (Å²) in [5.41, 5.74) is -1.29. The zero-order chi connectivity index (χ0) is 18.2. The summed E-state index contributed by atoms with van der Waals surface area (Å²) >= 11 is 0. The van der Waals surface area contributed by atoms with Crippen molar-refractivity contribution in [1.29, 1.82) is 0 Å².